The molecule has 0 saturated heterocycles. The van der Waals surface area contributed by atoms with Gasteiger partial charge >= 0.3 is 0 Å². The van der Waals surface area contributed by atoms with E-state index in [1.54, 1.807) is 11.1 Å². The molecule has 4 saturated carbocycles. The van der Waals surface area contributed by atoms with Gasteiger partial charge in [0.05, 0.1) is 17.1 Å². The van der Waals surface area contributed by atoms with Crippen molar-refractivity contribution in [1.29, 1.82) is 0 Å². The van der Waals surface area contributed by atoms with Crippen LogP contribution in [0.3, 0.4) is 0 Å². The Morgan fingerprint density at radius 3 is 1.57 bits per heavy atom. The molecule has 16 rings (SSSR count). The zero-order chi connectivity index (χ0) is 44.5. The Bertz CT molecular complexity index is 3750. The quantitative estimate of drug-likeness (QED) is 0.147. The number of fused-ring (bicyclic) bond motifs is 4. The summed E-state index contributed by atoms with van der Waals surface area (Å²) < 4.78 is 0. The lowest BCUT2D eigenvalue weighted by Crippen LogP contribution is -2.55. The Kier molecular flexibility index (Phi) is 8.28. The van der Waals surface area contributed by atoms with E-state index in [2.05, 4.69) is 228 Å². The summed E-state index contributed by atoms with van der Waals surface area (Å²) in [7, 11) is 0. The van der Waals surface area contributed by atoms with Crippen LogP contribution in [0.15, 0.2) is 218 Å². The number of anilines is 6. The summed E-state index contributed by atoms with van der Waals surface area (Å²) >= 11 is 0. The van der Waals surface area contributed by atoms with Crippen LogP contribution in [-0.4, -0.2) is 0 Å². The first-order chi connectivity index (χ1) is 33.7. The smallest absolute Gasteiger partial charge is 0.0543 e. The second-order valence-electron chi connectivity index (χ2n) is 20.5. The van der Waals surface area contributed by atoms with E-state index in [4.69, 9.17) is 0 Å². The molecule has 0 heterocycles. The summed E-state index contributed by atoms with van der Waals surface area (Å²) in [6.07, 6.45) is 6.97. The van der Waals surface area contributed by atoms with E-state index >= 15 is 0 Å². The van der Waals surface area contributed by atoms with Crippen LogP contribution in [0.5, 0.6) is 0 Å². The van der Waals surface area contributed by atoms with Gasteiger partial charge in [-0.1, -0.05) is 158 Å². The van der Waals surface area contributed by atoms with Crippen molar-refractivity contribution in [3.63, 3.8) is 0 Å². The molecule has 2 nitrogen and oxygen atoms in total. The molecule has 0 atom stereocenters. The lowest BCUT2D eigenvalue weighted by atomic mass is 9.43. The van der Waals surface area contributed by atoms with E-state index in [1.165, 1.54) is 115 Å². The van der Waals surface area contributed by atoms with Gasteiger partial charge in [-0.2, -0.15) is 0 Å². The van der Waals surface area contributed by atoms with E-state index in [0.717, 1.165) is 28.9 Å². The summed E-state index contributed by atoms with van der Waals surface area (Å²) in [4.78, 5) is 5.06. The monoisotopic (exact) mass is 870 g/mol. The van der Waals surface area contributed by atoms with Crippen molar-refractivity contribution in [2.45, 2.75) is 37.5 Å². The van der Waals surface area contributed by atoms with Gasteiger partial charge in [-0.3, -0.25) is 0 Å². The zero-order valence-electron chi connectivity index (χ0n) is 38.0. The Balaban J connectivity index is 0.934. The van der Waals surface area contributed by atoms with Crippen molar-refractivity contribution in [3.05, 3.63) is 230 Å². The predicted molar refractivity (Wildman–Crippen MR) is 286 cm³/mol. The highest BCUT2D eigenvalue weighted by molar-refractivity contribution is 6.28. The molecule has 0 N–H and O–H groups in total. The van der Waals surface area contributed by atoms with Crippen molar-refractivity contribution in [2.75, 3.05) is 9.80 Å². The summed E-state index contributed by atoms with van der Waals surface area (Å²) in [6.45, 7) is 0. The summed E-state index contributed by atoms with van der Waals surface area (Å²) in [5.74, 6) is 3.23. The average molecular weight is 871 g/mol. The number of hydrogen-bond donors (Lipinski definition) is 0. The van der Waals surface area contributed by atoms with E-state index in [-0.39, 0.29) is 5.41 Å². The van der Waals surface area contributed by atoms with Gasteiger partial charge in [0.1, 0.15) is 0 Å². The minimum absolute atomic E-state index is 0.0936. The number of nitrogens with zero attached hydrogens (tertiary/aromatic N) is 2. The van der Waals surface area contributed by atoms with E-state index in [0.29, 0.717) is 11.8 Å². The fraction of sp³-hybridized carbons (Fsp3) is 0.152. The molecule has 1 spiro atoms. The van der Waals surface area contributed by atoms with Gasteiger partial charge in [0.2, 0.25) is 0 Å². The Morgan fingerprint density at radius 1 is 0.338 bits per heavy atom. The maximum absolute atomic E-state index is 2.60. The molecule has 68 heavy (non-hydrogen) atoms. The van der Waals surface area contributed by atoms with Crippen molar-refractivity contribution in [2.24, 2.45) is 23.7 Å². The molecule has 2 heteroatoms. The average Bonchev–Trinajstić information content (AvgIpc) is 3.69. The molecule has 0 aromatic heterocycles. The number of para-hydroxylation sites is 2. The molecule has 5 aliphatic rings. The summed E-state index contributed by atoms with van der Waals surface area (Å²) in [5, 5.41) is 10.1. The largest absolute Gasteiger partial charge is 0.310 e. The van der Waals surface area contributed by atoms with E-state index < -0.39 is 0 Å². The van der Waals surface area contributed by atoms with Gasteiger partial charge in [0.25, 0.3) is 0 Å². The summed E-state index contributed by atoms with van der Waals surface area (Å²) in [5.41, 5.74) is 15.7. The molecular weight excluding hydrogens is 821 g/mol. The predicted octanol–water partition coefficient (Wildman–Crippen LogP) is 18.1. The van der Waals surface area contributed by atoms with E-state index in [1.807, 2.05) is 0 Å². The third-order valence-corrected chi connectivity index (χ3v) is 17.1. The van der Waals surface area contributed by atoms with Gasteiger partial charge in [0.15, 0.2) is 0 Å². The van der Waals surface area contributed by atoms with Crippen LogP contribution >= 0.6 is 0 Å². The molecule has 324 valence electrons. The lowest BCUT2D eigenvalue weighted by Gasteiger charge is -2.61. The first-order valence-corrected chi connectivity index (χ1v) is 24.9. The topological polar surface area (TPSA) is 6.48 Å². The van der Waals surface area contributed by atoms with Crippen molar-refractivity contribution >= 4 is 77.2 Å². The Morgan fingerprint density at radius 2 is 0.868 bits per heavy atom. The fourth-order valence-corrected chi connectivity index (χ4v) is 14.7. The fourth-order valence-electron chi connectivity index (χ4n) is 14.7. The molecule has 5 aliphatic carbocycles. The summed E-state index contributed by atoms with van der Waals surface area (Å²) in [6, 6.07) is 82.4. The van der Waals surface area contributed by atoms with Gasteiger partial charge in [0, 0.05) is 38.8 Å². The van der Waals surface area contributed by atoms with Crippen molar-refractivity contribution in [3.8, 4) is 22.3 Å². The number of hydrogen-bond acceptors (Lipinski definition) is 2. The van der Waals surface area contributed by atoms with Gasteiger partial charge in [-0.25, -0.2) is 0 Å². The highest BCUT2D eigenvalue weighted by Gasteiger charge is 2.62. The van der Waals surface area contributed by atoms with Gasteiger partial charge in [-0.15, -0.1) is 0 Å². The second kappa shape index (κ2) is 14.7. The van der Waals surface area contributed by atoms with Crippen LogP contribution < -0.4 is 9.80 Å². The second-order valence-corrected chi connectivity index (χ2v) is 20.5. The normalized spacial score (nSPS) is 21.0. The molecule has 4 fully saturated rings. The van der Waals surface area contributed by atoms with Crippen LogP contribution in [-0.2, 0) is 5.41 Å². The van der Waals surface area contributed by atoms with Crippen LogP contribution in [0.4, 0.5) is 34.1 Å². The van der Waals surface area contributed by atoms with E-state index in [9.17, 15) is 0 Å². The third-order valence-electron chi connectivity index (χ3n) is 17.1. The Hall–Kier alpha value is -7.68. The molecule has 0 unspecified atom stereocenters. The first kappa shape index (κ1) is 38.4. The Labute approximate surface area is 398 Å². The molecule has 0 radical (unpaired) electrons. The van der Waals surface area contributed by atoms with Crippen molar-refractivity contribution < 1.29 is 0 Å². The van der Waals surface area contributed by atoms with Gasteiger partial charge in [-0.05, 0) is 177 Å². The zero-order valence-corrected chi connectivity index (χ0v) is 38.0. The molecule has 0 aliphatic heterocycles. The minimum Gasteiger partial charge on any atom is -0.310 e. The molecule has 4 bridgehead atoms. The van der Waals surface area contributed by atoms with Crippen LogP contribution in [0.2, 0.25) is 0 Å². The highest BCUT2D eigenvalue weighted by Crippen LogP contribution is 2.70. The van der Waals surface area contributed by atoms with Crippen LogP contribution in [0, 0.1) is 23.7 Å². The molecule has 11 aromatic rings. The SMILES string of the molecule is c1ccc(N(c2cccc(-c3ccc4ccccc4c3)c2)c2ccc3ccc4c(N(c5ccccc5)c5cccc6c5-c5ccccc5C65C6CC7CC(C6)CC5C7)ccc5ccc2c3c54)cc1. The maximum Gasteiger partial charge on any atom is 0.0543 e. The maximum atomic E-state index is 2.60. The van der Waals surface area contributed by atoms with Crippen LogP contribution in [0.1, 0.15) is 43.2 Å². The first-order valence-electron chi connectivity index (χ1n) is 24.9. The van der Waals surface area contributed by atoms with Crippen molar-refractivity contribution in [1.82, 2.24) is 0 Å². The molecular formula is C66H50N2. The highest BCUT2D eigenvalue weighted by atomic mass is 15.2. The molecule has 11 aromatic carbocycles. The number of benzene rings is 11. The number of rotatable bonds is 7. The standard InChI is InChI=1S/C66H50N2/c1-3-16-52(17-4-1)67(54-20-11-15-48(41-54)49-26-25-44-13-7-8-14-47(44)40-49)60-33-29-45-28-32-57-61(34-30-46-27-31-56(60)63(45)64(46)57)68(53-18-5-2-6-19-53)62-24-12-23-59-65(62)55-21-9-10-22-58(55)66(59)50-36-42-35-43(38-50)39-51(66)37-42/h1-34,40-43,50-51H,35-39H2. The van der Waals surface area contributed by atoms with Gasteiger partial charge < -0.3 is 9.80 Å². The third kappa shape index (κ3) is 5.46. The minimum atomic E-state index is 0.0936. The lowest BCUT2D eigenvalue weighted by molar-refractivity contribution is -0.0399. The molecule has 0 amide bonds. The van der Waals surface area contributed by atoms with Crippen LogP contribution in [0.25, 0.3) is 65.3 Å².